The van der Waals surface area contributed by atoms with Gasteiger partial charge in [-0.3, -0.25) is 14.4 Å². The Kier molecular flexibility index (Phi) is 5.62. The van der Waals surface area contributed by atoms with Crippen molar-refractivity contribution in [1.82, 2.24) is 20.8 Å². The molecular weight excluding hydrogens is 272 g/mol. The summed E-state index contributed by atoms with van der Waals surface area (Å²) >= 11 is 0. The Labute approximate surface area is 112 Å². The lowest BCUT2D eigenvalue weighted by Gasteiger charge is -2.18. The molecule has 1 aromatic rings. The van der Waals surface area contributed by atoms with Crippen molar-refractivity contribution < 1.29 is 29.7 Å². The molecule has 0 aliphatic heterocycles. The fraction of sp³-hybridized carbons (Fsp3) is 0.400. The third-order valence-corrected chi connectivity index (χ3v) is 2.39. The summed E-state index contributed by atoms with van der Waals surface area (Å²) in [5.74, 6) is -3.93. The van der Waals surface area contributed by atoms with E-state index in [4.69, 9.17) is 15.3 Å². The Morgan fingerprint density at radius 1 is 1.15 bits per heavy atom. The average molecular weight is 286 g/mol. The number of nitrogens with zero attached hydrogens (tertiary/aromatic N) is 1. The van der Waals surface area contributed by atoms with E-state index in [9.17, 15) is 14.4 Å². The summed E-state index contributed by atoms with van der Waals surface area (Å²) in [6, 6.07) is -2.57. The molecule has 0 amide bonds. The first-order valence-electron chi connectivity index (χ1n) is 5.56. The van der Waals surface area contributed by atoms with Crippen LogP contribution in [-0.4, -0.2) is 55.3 Å². The molecule has 0 aromatic carbocycles. The Morgan fingerprint density at radius 2 is 1.75 bits per heavy atom. The van der Waals surface area contributed by atoms with Crippen molar-refractivity contribution >= 4 is 17.9 Å². The monoisotopic (exact) mass is 286 g/mol. The van der Waals surface area contributed by atoms with Crippen LogP contribution in [0.1, 0.15) is 12.1 Å². The number of aliphatic carboxylic acids is 3. The van der Waals surface area contributed by atoms with Crippen LogP contribution >= 0.6 is 0 Å². The van der Waals surface area contributed by atoms with Gasteiger partial charge in [-0.2, -0.15) is 0 Å². The molecule has 0 fully saturated rings. The number of aromatic amines is 1. The number of hydrazine groups is 1. The fourth-order valence-electron chi connectivity index (χ4n) is 1.39. The second kappa shape index (κ2) is 7.21. The van der Waals surface area contributed by atoms with Crippen LogP contribution in [0.25, 0.3) is 0 Å². The minimum atomic E-state index is -1.43. The molecular formula is C10H14N4O6. The number of aromatic nitrogens is 2. The second-order valence-corrected chi connectivity index (χ2v) is 3.95. The highest BCUT2D eigenvalue weighted by Gasteiger charge is 2.24. The molecule has 20 heavy (non-hydrogen) atoms. The first-order chi connectivity index (χ1) is 9.40. The largest absolute Gasteiger partial charge is 0.481 e. The highest BCUT2D eigenvalue weighted by atomic mass is 16.4. The number of rotatable bonds is 9. The van der Waals surface area contributed by atoms with Crippen LogP contribution in [0, 0.1) is 0 Å². The van der Waals surface area contributed by atoms with Crippen molar-refractivity contribution in [1.29, 1.82) is 0 Å². The molecule has 10 nitrogen and oxygen atoms in total. The third-order valence-electron chi connectivity index (χ3n) is 2.39. The zero-order chi connectivity index (χ0) is 15.1. The number of carboxylic acids is 3. The van der Waals surface area contributed by atoms with Gasteiger partial charge in [-0.15, -0.1) is 0 Å². The second-order valence-electron chi connectivity index (χ2n) is 3.95. The van der Waals surface area contributed by atoms with E-state index in [2.05, 4.69) is 20.8 Å². The van der Waals surface area contributed by atoms with Gasteiger partial charge in [-0.25, -0.2) is 15.8 Å². The molecule has 0 unspecified atom stereocenters. The van der Waals surface area contributed by atoms with Crippen LogP contribution in [0.4, 0.5) is 0 Å². The minimum Gasteiger partial charge on any atom is -0.481 e. The van der Waals surface area contributed by atoms with Crippen molar-refractivity contribution in [3.05, 3.63) is 18.2 Å². The predicted molar refractivity (Wildman–Crippen MR) is 63.7 cm³/mol. The first kappa shape index (κ1) is 15.6. The number of imidazole rings is 1. The van der Waals surface area contributed by atoms with E-state index in [1.165, 1.54) is 12.5 Å². The fourth-order valence-corrected chi connectivity index (χ4v) is 1.39. The molecule has 0 aliphatic rings. The molecule has 1 rings (SSSR count). The normalized spacial score (nSPS) is 13.6. The number of H-pyrrole nitrogens is 1. The van der Waals surface area contributed by atoms with E-state index in [1.807, 2.05) is 0 Å². The van der Waals surface area contributed by atoms with Gasteiger partial charge in [0.1, 0.15) is 12.1 Å². The lowest BCUT2D eigenvalue weighted by molar-refractivity contribution is -0.147. The summed E-state index contributed by atoms with van der Waals surface area (Å²) in [5, 5.41) is 26.4. The summed E-state index contributed by atoms with van der Waals surface area (Å²) in [6.45, 7) is 0. The van der Waals surface area contributed by atoms with Crippen molar-refractivity contribution in [2.75, 3.05) is 0 Å². The van der Waals surface area contributed by atoms with Gasteiger partial charge in [0.05, 0.1) is 12.7 Å². The van der Waals surface area contributed by atoms with Gasteiger partial charge >= 0.3 is 17.9 Å². The minimum absolute atomic E-state index is 0.0295. The van der Waals surface area contributed by atoms with E-state index in [0.29, 0.717) is 5.69 Å². The lowest BCUT2D eigenvalue weighted by Crippen LogP contribution is -2.53. The zero-order valence-electron chi connectivity index (χ0n) is 10.2. The van der Waals surface area contributed by atoms with Gasteiger partial charge in [0, 0.05) is 18.3 Å². The summed E-state index contributed by atoms with van der Waals surface area (Å²) in [5.41, 5.74) is 5.04. The number of carbonyl (C=O) groups is 3. The van der Waals surface area contributed by atoms with Crippen LogP contribution in [-0.2, 0) is 20.8 Å². The van der Waals surface area contributed by atoms with Crippen LogP contribution in [0.15, 0.2) is 12.5 Å². The number of carboxylic acid groups (broad SMARTS) is 3. The van der Waals surface area contributed by atoms with Crippen molar-refractivity contribution in [3.63, 3.8) is 0 Å². The summed E-state index contributed by atoms with van der Waals surface area (Å²) < 4.78 is 0. The van der Waals surface area contributed by atoms with Gasteiger partial charge in [0.2, 0.25) is 0 Å². The average Bonchev–Trinajstić information content (AvgIpc) is 2.84. The topological polar surface area (TPSA) is 165 Å². The molecule has 10 heteroatoms. The van der Waals surface area contributed by atoms with E-state index in [1.54, 1.807) is 0 Å². The van der Waals surface area contributed by atoms with Gasteiger partial charge in [-0.1, -0.05) is 0 Å². The maximum atomic E-state index is 11.0. The zero-order valence-corrected chi connectivity index (χ0v) is 10.2. The molecule has 0 radical (unpaired) electrons. The van der Waals surface area contributed by atoms with Gasteiger partial charge in [-0.05, 0) is 0 Å². The quantitative estimate of drug-likeness (QED) is 0.294. The van der Waals surface area contributed by atoms with Crippen LogP contribution in [0.2, 0.25) is 0 Å². The third kappa shape index (κ3) is 5.04. The van der Waals surface area contributed by atoms with Crippen LogP contribution in [0.5, 0.6) is 0 Å². The first-order valence-corrected chi connectivity index (χ1v) is 5.56. The summed E-state index contributed by atoms with van der Waals surface area (Å²) in [4.78, 5) is 38.8. The molecule has 0 aliphatic carbocycles. The molecule has 0 bridgehead atoms. The van der Waals surface area contributed by atoms with Crippen molar-refractivity contribution in [2.24, 2.45) is 0 Å². The number of hydrogen-bond acceptors (Lipinski definition) is 6. The van der Waals surface area contributed by atoms with E-state index in [-0.39, 0.29) is 6.42 Å². The number of hydrogen-bond donors (Lipinski definition) is 6. The van der Waals surface area contributed by atoms with E-state index in [0.717, 1.165) is 0 Å². The van der Waals surface area contributed by atoms with Gasteiger partial charge in [0.25, 0.3) is 0 Å². The number of nitrogens with one attached hydrogen (secondary N) is 3. The van der Waals surface area contributed by atoms with E-state index < -0.39 is 36.4 Å². The Bertz CT molecular complexity index is 474. The van der Waals surface area contributed by atoms with Gasteiger partial charge < -0.3 is 20.3 Å². The maximum absolute atomic E-state index is 11.0. The molecule has 0 saturated carbocycles. The van der Waals surface area contributed by atoms with Gasteiger partial charge in [0.15, 0.2) is 0 Å². The highest BCUT2D eigenvalue weighted by molar-refractivity contribution is 5.80. The molecule has 1 aromatic heterocycles. The SMILES string of the molecule is O=C(O)C[C@H](NN[C@@H](Cc1cnc[nH]1)C(=O)O)C(=O)O. The summed E-state index contributed by atoms with van der Waals surface area (Å²) in [6.07, 6.45) is 2.16. The molecule has 110 valence electrons. The molecule has 1 heterocycles. The summed E-state index contributed by atoms with van der Waals surface area (Å²) in [7, 11) is 0. The lowest BCUT2D eigenvalue weighted by atomic mass is 10.2. The Balaban J connectivity index is 2.59. The van der Waals surface area contributed by atoms with E-state index >= 15 is 0 Å². The predicted octanol–water partition coefficient (Wildman–Crippen LogP) is -1.57. The molecule has 2 atom stereocenters. The van der Waals surface area contributed by atoms with Crippen LogP contribution in [0.3, 0.4) is 0 Å². The molecule has 0 saturated heterocycles. The van der Waals surface area contributed by atoms with Crippen LogP contribution < -0.4 is 10.9 Å². The highest BCUT2D eigenvalue weighted by Crippen LogP contribution is 1.99. The molecule has 6 N–H and O–H groups in total. The smallest absolute Gasteiger partial charge is 0.322 e. The molecule has 0 spiro atoms. The standard InChI is InChI=1S/C10H14N4O6/c15-8(16)2-7(10(19)20)14-13-6(9(17)18)1-5-3-11-4-12-5/h3-4,6-7,13-14H,1-2H2,(H,11,12)(H,15,16)(H,17,18)(H,19,20)/t6-,7-/m0/s1. The van der Waals surface area contributed by atoms with Crippen molar-refractivity contribution in [2.45, 2.75) is 24.9 Å². The Morgan fingerprint density at radius 3 is 2.20 bits per heavy atom. The van der Waals surface area contributed by atoms with Crippen molar-refractivity contribution in [3.8, 4) is 0 Å². The maximum Gasteiger partial charge on any atom is 0.322 e. The Hall–Kier alpha value is -2.46.